The Labute approximate surface area is 146 Å². The van der Waals surface area contributed by atoms with Crippen LogP contribution in [0.3, 0.4) is 0 Å². The van der Waals surface area contributed by atoms with Crippen LogP contribution in [-0.2, 0) is 16.3 Å². The highest BCUT2D eigenvalue weighted by molar-refractivity contribution is 8.93. The first-order chi connectivity index (χ1) is 10.00. The standard InChI is InChI=1S/C15H20N2O2S2.BrH/c1-2-3-4-11-5-7-12(8-6-11)17-13-9-21(18,19)10-14(13)20-15(17)16;/h5-8,13-14,16H,2-4,9-10H2,1H3;1H/t13-,14+;/m1./s1. The Hall–Kier alpha value is -0.530. The van der Waals surface area contributed by atoms with Crippen LogP contribution in [0.15, 0.2) is 24.3 Å². The number of fused-ring (bicyclic) bond motifs is 1. The molecule has 2 aliphatic heterocycles. The van der Waals surface area contributed by atoms with Crippen LogP contribution in [-0.4, -0.2) is 36.4 Å². The first-order valence-electron chi connectivity index (χ1n) is 7.34. The summed E-state index contributed by atoms with van der Waals surface area (Å²) in [5.41, 5.74) is 2.24. The third-order valence-corrected chi connectivity index (χ3v) is 7.25. The lowest BCUT2D eigenvalue weighted by atomic mass is 10.1. The first kappa shape index (κ1) is 17.8. The van der Waals surface area contributed by atoms with Gasteiger partial charge < -0.3 is 4.90 Å². The third kappa shape index (κ3) is 3.51. The average molecular weight is 405 g/mol. The zero-order valence-electron chi connectivity index (χ0n) is 12.5. The Balaban J connectivity index is 0.00000176. The van der Waals surface area contributed by atoms with Gasteiger partial charge in [0, 0.05) is 10.9 Å². The lowest BCUT2D eigenvalue weighted by Crippen LogP contribution is -2.37. The van der Waals surface area contributed by atoms with Crippen LogP contribution in [0.5, 0.6) is 0 Å². The summed E-state index contributed by atoms with van der Waals surface area (Å²) in [4.78, 5) is 1.89. The second kappa shape index (κ2) is 6.93. The zero-order valence-corrected chi connectivity index (χ0v) is 15.8. The summed E-state index contributed by atoms with van der Waals surface area (Å²) in [6, 6.07) is 8.16. The number of amidine groups is 1. The van der Waals surface area contributed by atoms with Gasteiger partial charge in [0.15, 0.2) is 15.0 Å². The van der Waals surface area contributed by atoms with Gasteiger partial charge in [-0.05, 0) is 30.5 Å². The fraction of sp³-hybridized carbons (Fsp3) is 0.533. The second-order valence-electron chi connectivity index (χ2n) is 5.75. The van der Waals surface area contributed by atoms with E-state index in [2.05, 4.69) is 19.1 Å². The van der Waals surface area contributed by atoms with Gasteiger partial charge in [-0.15, -0.1) is 17.0 Å². The Morgan fingerprint density at radius 3 is 2.59 bits per heavy atom. The third-order valence-electron chi connectivity index (χ3n) is 4.12. The van der Waals surface area contributed by atoms with Gasteiger partial charge in [0.2, 0.25) is 0 Å². The molecule has 7 heteroatoms. The number of benzene rings is 1. The minimum absolute atomic E-state index is 0. The fourth-order valence-electron chi connectivity index (χ4n) is 3.01. The lowest BCUT2D eigenvalue weighted by Gasteiger charge is -2.24. The fourth-order valence-corrected chi connectivity index (χ4v) is 6.81. The minimum atomic E-state index is -2.95. The van der Waals surface area contributed by atoms with Gasteiger partial charge in [0.25, 0.3) is 0 Å². The quantitative estimate of drug-likeness (QED) is 0.836. The normalized spacial score (nSPS) is 25.9. The molecule has 0 aromatic heterocycles. The molecule has 2 fully saturated rings. The first-order valence-corrected chi connectivity index (χ1v) is 10.0. The largest absolute Gasteiger partial charge is 0.316 e. The molecular formula is C15H21BrN2O2S2. The molecule has 1 aromatic rings. The van der Waals surface area contributed by atoms with Crippen molar-refractivity contribution in [3.8, 4) is 0 Å². The van der Waals surface area contributed by atoms with Gasteiger partial charge in [0.1, 0.15) is 0 Å². The van der Waals surface area contributed by atoms with Crippen LogP contribution in [0.4, 0.5) is 5.69 Å². The predicted octanol–water partition coefficient (Wildman–Crippen LogP) is 3.26. The van der Waals surface area contributed by atoms with Gasteiger partial charge in [-0.3, -0.25) is 5.41 Å². The number of nitrogens with one attached hydrogen (secondary N) is 1. The van der Waals surface area contributed by atoms with E-state index in [9.17, 15) is 8.42 Å². The van der Waals surface area contributed by atoms with Gasteiger partial charge in [-0.25, -0.2) is 8.42 Å². The SMILES string of the molecule is Br.CCCCc1ccc(N2C(=N)S[C@H]3CS(=O)(=O)C[C@H]32)cc1. The maximum Gasteiger partial charge on any atom is 0.161 e. The van der Waals surface area contributed by atoms with Crippen LogP contribution in [0.2, 0.25) is 0 Å². The summed E-state index contributed by atoms with van der Waals surface area (Å²) >= 11 is 1.39. The van der Waals surface area contributed by atoms with E-state index in [1.165, 1.54) is 30.2 Å². The summed E-state index contributed by atoms with van der Waals surface area (Å²) in [6.45, 7) is 2.18. The molecule has 0 aliphatic carbocycles. The molecule has 0 unspecified atom stereocenters. The number of aryl methyl sites for hydroxylation is 1. The van der Waals surface area contributed by atoms with E-state index in [0.717, 1.165) is 12.1 Å². The van der Waals surface area contributed by atoms with Crippen molar-refractivity contribution in [2.75, 3.05) is 16.4 Å². The molecule has 4 nitrogen and oxygen atoms in total. The van der Waals surface area contributed by atoms with Crippen LogP contribution in [0.1, 0.15) is 25.3 Å². The van der Waals surface area contributed by atoms with Crippen molar-refractivity contribution in [2.24, 2.45) is 0 Å². The van der Waals surface area contributed by atoms with E-state index >= 15 is 0 Å². The van der Waals surface area contributed by atoms with Crippen molar-refractivity contribution in [3.05, 3.63) is 29.8 Å². The van der Waals surface area contributed by atoms with Gasteiger partial charge in [0.05, 0.1) is 17.5 Å². The molecule has 0 amide bonds. The Kier molecular flexibility index (Phi) is 5.61. The average Bonchev–Trinajstić information content (AvgIpc) is 2.87. The maximum atomic E-state index is 11.8. The number of thioether (sulfide) groups is 1. The molecule has 1 N–H and O–H groups in total. The molecule has 22 heavy (non-hydrogen) atoms. The van der Waals surface area contributed by atoms with E-state index in [4.69, 9.17) is 5.41 Å². The Morgan fingerprint density at radius 1 is 1.27 bits per heavy atom. The molecule has 0 spiro atoms. The molecule has 2 saturated heterocycles. The number of halogens is 1. The monoisotopic (exact) mass is 404 g/mol. The van der Waals surface area contributed by atoms with Crippen molar-refractivity contribution >= 4 is 49.4 Å². The molecule has 122 valence electrons. The van der Waals surface area contributed by atoms with Crippen molar-refractivity contribution in [1.82, 2.24) is 0 Å². The zero-order chi connectivity index (χ0) is 15.0. The molecule has 0 bridgehead atoms. The van der Waals surface area contributed by atoms with Gasteiger partial charge >= 0.3 is 0 Å². The van der Waals surface area contributed by atoms with Crippen LogP contribution in [0.25, 0.3) is 0 Å². The van der Waals surface area contributed by atoms with E-state index in [1.54, 1.807) is 0 Å². The summed E-state index contributed by atoms with van der Waals surface area (Å²) in [6.07, 6.45) is 3.43. The number of sulfone groups is 1. The molecule has 2 heterocycles. The highest BCUT2D eigenvalue weighted by Gasteiger charge is 2.48. The summed E-state index contributed by atoms with van der Waals surface area (Å²) in [5, 5.41) is 8.62. The van der Waals surface area contributed by atoms with Crippen LogP contribution in [0, 0.1) is 5.41 Å². The van der Waals surface area contributed by atoms with Crippen LogP contribution >= 0.6 is 28.7 Å². The summed E-state index contributed by atoms with van der Waals surface area (Å²) < 4.78 is 23.6. The summed E-state index contributed by atoms with van der Waals surface area (Å²) in [5.74, 6) is 0.375. The second-order valence-corrected chi connectivity index (χ2v) is 9.13. The smallest absolute Gasteiger partial charge is 0.161 e. The number of nitrogens with zero attached hydrogens (tertiary/aromatic N) is 1. The number of hydrogen-bond donors (Lipinski definition) is 1. The van der Waals surface area contributed by atoms with E-state index < -0.39 is 9.84 Å². The van der Waals surface area contributed by atoms with Gasteiger partial charge in [-0.1, -0.05) is 37.2 Å². The van der Waals surface area contributed by atoms with Crippen molar-refractivity contribution in [1.29, 1.82) is 5.41 Å². The Bertz CT molecular complexity index is 646. The van der Waals surface area contributed by atoms with Crippen molar-refractivity contribution in [3.63, 3.8) is 0 Å². The van der Waals surface area contributed by atoms with E-state index in [0.29, 0.717) is 5.17 Å². The molecule has 0 saturated carbocycles. The van der Waals surface area contributed by atoms with E-state index in [-0.39, 0.29) is 39.8 Å². The van der Waals surface area contributed by atoms with Crippen molar-refractivity contribution < 1.29 is 8.42 Å². The maximum absolute atomic E-state index is 11.8. The topological polar surface area (TPSA) is 61.2 Å². The molecular weight excluding hydrogens is 384 g/mol. The molecule has 2 atom stereocenters. The Morgan fingerprint density at radius 2 is 1.95 bits per heavy atom. The number of rotatable bonds is 4. The number of unbranched alkanes of at least 4 members (excludes halogenated alkanes) is 1. The number of hydrogen-bond acceptors (Lipinski definition) is 4. The van der Waals surface area contributed by atoms with Gasteiger partial charge in [-0.2, -0.15) is 0 Å². The van der Waals surface area contributed by atoms with Crippen molar-refractivity contribution in [2.45, 2.75) is 37.5 Å². The highest BCUT2D eigenvalue weighted by Crippen LogP contribution is 2.40. The molecule has 0 radical (unpaired) electrons. The molecule has 3 rings (SSSR count). The van der Waals surface area contributed by atoms with Crippen LogP contribution < -0.4 is 4.90 Å². The lowest BCUT2D eigenvalue weighted by molar-refractivity contribution is 0.601. The number of anilines is 1. The highest BCUT2D eigenvalue weighted by atomic mass is 79.9. The van der Waals surface area contributed by atoms with E-state index in [1.807, 2.05) is 17.0 Å². The summed E-state index contributed by atoms with van der Waals surface area (Å²) in [7, 11) is -2.95. The molecule has 2 aliphatic rings. The predicted molar refractivity (Wildman–Crippen MR) is 99.4 cm³/mol. The minimum Gasteiger partial charge on any atom is -0.316 e. The molecule has 1 aromatic carbocycles.